The van der Waals surface area contributed by atoms with Crippen LogP contribution in [0.15, 0.2) is 28.8 Å². The van der Waals surface area contributed by atoms with Crippen LogP contribution >= 0.6 is 0 Å². The number of nitrogens with zero attached hydrogens (tertiary/aromatic N) is 3. The van der Waals surface area contributed by atoms with Gasteiger partial charge in [0.1, 0.15) is 0 Å². The fraction of sp³-hybridized carbons (Fsp3) is 0.591. The van der Waals surface area contributed by atoms with Gasteiger partial charge in [0.05, 0.1) is 0 Å². The maximum Gasteiger partial charge on any atom is 0.226 e. The van der Waals surface area contributed by atoms with E-state index >= 15 is 0 Å². The summed E-state index contributed by atoms with van der Waals surface area (Å²) < 4.78 is 5.35. The van der Waals surface area contributed by atoms with E-state index in [-0.39, 0.29) is 5.91 Å². The Morgan fingerprint density at radius 2 is 2.21 bits per heavy atom. The molecule has 3 rings (SSSR count). The lowest BCUT2D eigenvalue weighted by Crippen LogP contribution is -2.41. The van der Waals surface area contributed by atoms with Crippen LogP contribution < -0.4 is 5.32 Å². The van der Waals surface area contributed by atoms with Gasteiger partial charge in [-0.3, -0.25) is 4.79 Å². The van der Waals surface area contributed by atoms with Crippen molar-refractivity contribution in [2.45, 2.75) is 52.4 Å². The van der Waals surface area contributed by atoms with Crippen molar-refractivity contribution in [1.82, 2.24) is 20.4 Å². The molecule has 28 heavy (non-hydrogen) atoms. The molecule has 1 saturated heterocycles. The predicted octanol–water partition coefficient (Wildman–Crippen LogP) is 3.61. The van der Waals surface area contributed by atoms with E-state index in [1.54, 1.807) is 0 Å². The normalized spacial score (nSPS) is 17.6. The molecule has 2 aromatic rings. The van der Waals surface area contributed by atoms with E-state index in [9.17, 15) is 4.79 Å². The molecule has 1 amide bonds. The molecule has 0 unspecified atom stereocenters. The van der Waals surface area contributed by atoms with Gasteiger partial charge in [-0.25, -0.2) is 0 Å². The Labute approximate surface area is 167 Å². The third-order valence-corrected chi connectivity index (χ3v) is 5.38. The smallest absolute Gasteiger partial charge is 0.226 e. The molecule has 0 radical (unpaired) electrons. The maximum absolute atomic E-state index is 12.2. The number of piperidine rings is 1. The highest BCUT2D eigenvalue weighted by molar-refractivity contribution is 5.75. The monoisotopic (exact) mass is 384 g/mol. The second-order valence-corrected chi connectivity index (χ2v) is 7.79. The Morgan fingerprint density at radius 1 is 1.36 bits per heavy atom. The number of amides is 1. The zero-order valence-electron chi connectivity index (χ0n) is 17.1. The van der Waals surface area contributed by atoms with E-state index in [1.807, 2.05) is 31.2 Å². The Hall–Kier alpha value is -2.21. The van der Waals surface area contributed by atoms with Crippen LogP contribution in [0.1, 0.15) is 50.5 Å². The number of likely N-dealkylation sites (tertiary alicyclic amines) is 1. The molecule has 6 heteroatoms. The van der Waals surface area contributed by atoms with Crippen LogP contribution in [-0.2, 0) is 11.2 Å². The largest absolute Gasteiger partial charge is 0.356 e. The number of hydrogen-bond donors (Lipinski definition) is 1. The SMILES string of the molecule is CCCN1CCC[C@H](CNC(=O)CCCc2nc(-c3ccccc3C)no2)C1. The van der Waals surface area contributed by atoms with Crippen LogP contribution in [0.2, 0.25) is 0 Å². The second-order valence-electron chi connectivity index (χ2n) is 7.79. The van der Waals surface area contributed by atoms with Crippen molar-refractivity contribution in [3.8, 4) is 11.4 Å². The molecule has 6 nitrogen and oxygen atoms in total. The fourth-order valence-corrected chi connectivity index (χ4v) is 3.87. The zero-order chi connectivity index (χ0) is 19.8. The number of aromatic nitrogens is 2. The van der Waals surface area contributed by atoms with Crippen LogP contribution in [-0.4, -0.2) is 47.1 Å². The van der Waals surface area contributed by atoms with E-state index in [0.29, 0.717) is 36.9 Å². The topological polar surface area (TPSA) is 71.3 Å². The highest BCUT2D eigenvalue weighted by Gasteiger charge is 2.19. The average Bonchev–Trinajstić information content (AvgIpc) is 3.16. The summed E-state index contributed by atoms with van der Waals surface area (Å²) in [6, 6.07) is 7.98. The third-order valence-electron chi connectivity index (χ3n) is 5.38. The lowest BCUT2D eigenvalue weighted by molar-refractivity contribution is -0.121. The van der Waals surface area contributed by atoms with Crippen LogP contribution in [0, 0.1) is 12.8 Å². The molecule has 1 aromatic carbocycles. The van der Waals surface area contributed by atoms with Gasteiger partial charge in [-0.15, -0.1) is 0 Å². The summed E-state index contributed by atoms with van der Waals surface area (Å²) >= 11 is 0. The predicted molar refractivity (Wildman–Crippen MR) is 110 cm³/mol. The number of rotatable bonds is 9. The Bertz CT molecular complexity index is 756. The van der Waals surface area contributed by atoms with Gasteiger partial charge < -0.3 is 14.7 Å². The Kier molecular flexibility index (Phi) is 7.60. The molecule has 1 aliphatic heterocycles. The first-order valence-corrected chi connectivity index (χ1v) is 10.5. The quantitative estimate of drug-likeness (QED) is 0.715. The summed E-state index contributed by atoms with van der Waals surface area (Å²) in [5.41, 5.74) is 2.11. The Morgan fingerprint density at radius 3 is 3.04 bits per heavy atom. The number of nitrogens with one attached hydrogen (secondary N) is 1. The van der Waals surface area contributed by atoms with Crippen molar-refractivity contribution < 1.29 is 9.32 Å². The lowest BCUT2D eigenvalue weighted by atomic mass is 9.98. The molecule has 1 aliphatic rings. The van der Waals surface area contributed by atoms with Crippen LogP contribution in [0.5, 0.6) is 0 Å². The van der Waals surface area contributed by atoms with Gasteiger partial charge >= 0.3 is 0 Å². The van der Waals surface area contributed by atoms with Gasteiger partial charge in [-0.05, 0) is 57.2 Å². The van der Waals surface area contributed by atoms with Crippen molar-refractivity contribution in [1.29, 1.82) is 0 Å². The van der Waals surface area contributed by atoms with E-state index in [2.05, 4.69) is 27.3 Å². The van der Waals surface area contributed by atoms with Gasteiger partial charge in [-0.1, -0.05) is 36.3 Å². The second kappa shape index (κ2) is 10.4. The van der Waals surface area contributed by atoms with Crippen molar-refractivity contribution in [3.63, 3.8) is 0 Å². The molecule has 0 aliphatic carbocycles. The first-order valence-electron chi connectivity index (χ1n) is 10.5. The van der Waals surface area contributed by atoms with Crippen LogP contribution in [0.3, 0.4) is 0 Å². The number of benzene rings is 1. The van der Waals surface area contributed by atoms with Crippen LogP contribution in [0.25, 0.3) is 11.4 Å². The maximum atomic E-state index is 12.2. The van der Waals surface area contributed by atoms with E-state index < -0.39 is 0 Å². The van der Waals surface area contributed by atoms with E-state index in [4.69, 9.17) is 4.52 Å². The van der Waals surface area contributed by atoms with Gasteiger partial charge in [0.15, 0.2) is 0 Å². The molecule has 1 N–H and O–H groups in total. The molecule has 152 valence electrons. The first kappa shape index (κ1) is 20.5. The molecule has 1 aromatic heterocycles. The summed E-state index contributed by atoms with van der Waals surface area (Å²) in [7, 11) is 0. The molecule has 2 heterocycles. The molecular weight excluding hydrogens is 352 g/mol. The number of aryl methyl sites for hydroxylation is 2. The van der Waals surface area contributed by atoms with Gasteiger partial charge in [0, 0.05) is 31.5 Å². The zero-order valence-corrected chi connectivity index (χ0v) is 17.1. The molecule has 0 saturated carbocycles. The summed E-state index contributed by atoms with van der Waals surface area (Å²) in [5.74, 6) is 1.91. The number of carbonyl (C=O) groups excluding carboxylic acids is 1. The van der Waals surface area contributed by atoms with E-state index in [0.717, 1.165) is 24.2 Å². The van der Waals surface area contributed by atoms with Gasteiger partial charge in [0.2, 0.25) is 17.6 Å². The molecule has 0 spiro atoms. The van der Waals surface area contributed by atoms with Gasteiger partial charge in [-0.2, -0.15) is 4.98 Å². The lowest BCUT2D eigenvalue weighted by Gasteiger charge is -2.32. The minimum Gasteiger partial charge on any atom is -0.356 e. The number of carbonyl (C=O) groups is 1. The molecular formula is C22H32N4O2. The highest BCUT2D eigenvalue weighted by Crippen LogP contribution is 2.20. The highest BCUT2D eigenvalue weighted by atomic mass is 16.5. The van der Waals surface area contributed by atoms with Crippen molar-refractivity contribution in [3.05, 3.63) is 35.7 Å². The fourth-order valence-electron chi connectivity index (χ4n) is 3.87. The minimum atomic E-state index is 0.117. The third kappa shape index (κ3) is 5.89. The number of hydrogen-bond acceptors (Lipinski definition) is 5. The van der Waals surface area contributed by atoms with Crippen molar-refractivity contribution >= 4 is 5.91 Å². The van der Waals surface area contributed by atoms with E-state index in [1.165, 1.54) is 32.4 Å². The van der Waals surface area contributed by atoms with Gasteiger partial charge in [0.25, 0.3) is 0 Å². The summed E-state index contributed by atoms with van der Waals surface area (Å²) in [4.78, 5) is 19.1. The molecule has 0 bridgehead atoms. The summed E-state index contributed by atoms with van der Waals surface area (Å²) in [6.07, 6.45) is 5.48. The molecule has 1 atom stereocenters. The Balaban J connectivity index is 1.37. The summed E-state index contributed by atoms with van der Waals surface area (Å²) in [6.45, 7) is 8.52. The first-order chi connectivity index (χ1) is 13.7. The minimum absolute atomic E-state index is 0.117. The molecule has 1 fully saturated rings. The van der Waals surface area contributed by atoms with Crippen LogP contribution in [0.4, 0.5) is 0 Å². The van der Waals surface area contributed by atoms with Crippen molar-refractivity contribution in [2.75, 3.05) is 26.2 Å². The van der Waals surface area contributed by atoms with Crippen molar-refractivity contribution in [2.24, 2.45) is 5.92 Å². The standard InChI is InChI=1S/C22H32N4O2/c1-3-13-26-14-7-9-18(16-26)15-23-20(27)11-6-12-21-24-22(25-28-21)19-10-5-4-8-17(19)2/h4-5,8,10,18H,3,6-7,9,11-16H2,1-2H3,(H,23,27)/t18-/m1/s1. The summed E-state index contributed by atoms with van der Waals surface area (Å²) in [5, 5.41) is 7.18. The average molecular weight is 385 g/mol.